The van der Waals surface area contributed by atoms with Crippen molar-refractivity contribution in [3.05, 3.63) is 35.9 Å². The molecule has 0 saturated heterocycles. The molecule has 0 radical (unpaired) electrons. The van der Waals surface area contributed by atoms with Crippen molar-refractivity contribution in [3.8, 4) is 0 Å². The highest BCUT2D eigenvalue weighted by Gasteiger charge is 1.98. The minimum absolute atomic E-state index is 0.591. The standard InChI is InChI=1S/C18H31N3O2/c1-16(2)14-22-12-7-10-20-18(19-3)21-11-13-23-15-17-8-5-4-6-9-17/h4-6,8-9,16H,7,10-15H2,1-3H3,(H2,19,20,21). The molecule has 0 aromatic heterocycles. The normalized spacial score (nSPS) is 11.7. The molecule has 0 atom stereocenters. The number of ether oxygens (including phenoxy) is 2. The van der Waals surface area contributed by atoms with Crippen molar-refractivity contribution in [2.45, 2.75) is 26.9 Å². The lowest BCUT2D eigenvalue weighted by Crippen LogP contribution is -2.39. The van der Waals surface area contributed by atoms with Gasteiger partial charge >= 0.3 is 0 Å². The van der Waals surface area contributed by atoms with Crippen LogP contribution in [0.4, 0.5) is 0 Å². The second-order valence-corrected chi connectivity index (χ2v) is 5.79. The molecule has 0 unspecified atom stereocenters. The van der Waals surface area contributed by atoms with Crippen LogP contribution in [-0.2, 0) is 16.1 Å². The van der Waals surface area contributed by atoms with Crippen LogP contribution in [0.15, 0.2) is 35.3 Å². The van der Waals surface area contributed by atoms with Crippen LogP contribution >= 0.6 is 0 Å². The zero-order valence-electron chi connectivity index (χ0n) is 14.7. The monoisotopic (exact) mass is 321 g/mol. The van der Waals surface area contributed by atoms with Crippen LogP contribution < -0.4 is 10.6 Å². The first kappa shape index (κ1) is 19.5. The van der Waals surface area contributed by atoms with Crippen molar-refractivity contribution in [2.75, 3.05) is 40.0 Å². The molecule has 0 amide bonds. The van der Waals surface area contributed by atoms with Gasteiger partial charge in [-0.1, -0.05) is 44.2 Å². The zero-order chi connectivity index (χ0) is 16.8. The smallest absolute Gasteiger partial charge is 0.191 e. The maximum atomic E-state index is 5.63. The molecular weight excluding hydrogens is 290 g/mol. The van der Waals surface area contributed by atoms with Gasteiger partial charge in [-0.15, -0.1) is 0 Å². The molecule has 1 aromatic carbocycles. The van der Waals surface area contributed by atoms with Crippen LogP contribution in [0, 0.1) is 5.92 Å². The van der Waals surface area contributed by atoms with Gasteiger partial charge in [0.25, 0.3) is 0 Å². The van der Waals surface area contributed by atoms with Gasteiger partial charge in [0.15, 0.2) is 5.96 Å². The number of nitrogens with one attached hydrogen (secondary N) is 2. The van der Waals surface area contributed by atoms with Gasteiger partial charge < -0.3 is 20.1 Å². The third-order valence-corrected chi connectivity index (χ3v) is 3.08. The lowest BCUT2D eigenvalue weighted by atomic mass is 10.2. The molecule has 0 saturated carbocycles. The summed E-state index contributed by atoms with van der Waals surface area (Å²) in [7, 11) is 1.77. The molecule has 0 bridgehead atoms. The van der Waals surface area contributed by atoms with E-state index in [-0.39, 0.29) is 0 Å². The summed E-state index contributed by atoms with van der Waals surface area (Å²) in [6, 6.07) is 10.2. The molecule has 0 aliphatic rings. The van der Waals surface area contributed by atoms with Crippen molar-refractivity contribution >= 4 is 5.96 Å². The van der Waals surface area contributed by atoms with Crippen LogP contribution in [0.25, 0.3) is 0 Å². The van der Waals surface area contributed by atoms with Gasteiger partial charge in [0.05, 0.1) is 13.2 Å². The lowest BCUT2D eigenvalue weighted by molar-refractivity contribution is 0.108. The third kappa shape index (κ3) is 10.7. The first-order valence-electron chi connectivity index (χ1n) is 8.36. The van der Waals surface area contributed by atoms with Gasteiger partial charge in [-0.2, -0.15) is 0 Å². The largest absolute Gasteiger partial charge is 0.381 e. The minimum atomic E-state index is 0.591. The summed E-state index contributed by atoms with van der Waals surface area (Å²) in [5, 5.41) is 6.51. The molecule has 130 valence electrons. The van der Waals surface area contributed by atoms with Gasteiger partial charge in [0, 0.05) is 33.4 Å². The van der Waals surface area contributed by atoms with Gasteiger partial charge in [-0.3, -0.25) is 4.99 Å². The number of hydrogen-bond acceptors (Lipinski definition) is 3. The fraction of sp³-hybridized carbons (Fsp3) is 0.611. The number of rotatable bonds is 11. The maximum Gasteiger partial charge on any atom is 0.191 e. The summed E-state index contributed by atoms with van der Waals surface area (Å²) in [5.74, 6) is 1.39. The predicted molar refractivity (Wildman–Crippen MR) is 95.7 cm³/mol. The molecule has 0 spiro atoms. The topological polar surface area (TPSA) is 54.9 Å². The average Bonchev–Trinajstić information content (AvgIpc) is 2.56. The van der Waals surface area contributed by atoms with Gasteiger partial charge in [-0.05, 0) is 17.9 Å². The predicted octanol–water partition coefficient (Wildman–Crippen LogP) is 2.43. The van der Waals surface area contributed by atoms with E-state index in [1.54, 1.807) is 7.05 Å². The van der Waals surface area contributed by atoms with Crippen molar-refractivity contribution in [3.63, 3.8) is 0 Å². The van der Waals surface area contributed by atoms with Gasteiger partial charge in [0.2, 0.25) is 0 Å². The molecule has 1 rings (SSSR count). The van der Waals surface area contributed by atoms with E-state index in [4.69, 9.17) is 9.47 Å². The van der Waals surface area contributed by atoms with Crippen molar-refractivity contribution < 1.29 is 9.47 Å². The van der Waals surface area contributed by atoms with Crippen LogP contribution in [0.5, 0.6) is 0 Å². The zero-order valence-corrected chi connectivity index (χ0v) is 14.7. The summed E-state index contributed by atoms with van der Waals surface area (Å²) in [6.07, 6.45) is 0.970. The first-order valence-corrected chi connectivity index (χ1v) is 8.36. The molecule has 1 aromatic rings. The molecule has 0 aliphatic heterocycles. The fourth-order valence-electron chi connectivity index (χ4n) is 1.93. The lowest BCUT2D eigenvalue weighted by Gasteiger charge is -2.12. The first-order chi connectivity index (χ1) is 11.2. The van der Waals surface area contributed by atoms with E-state index in [1.165, 1.54) is 5.56 Å². The number of benzene rings is 1. The molecule has 5 nitrogen and oxygen atoms in total. The van der Waals surface area contributed by atoms with Crippen LogP contribution in [0.3, 0.4) is 0 Å². The van der Waals surface area contributed by atoms with Crippen LogP contribution in [-0.4, -0.2) is 45.9 Å². The Hall–Kier alpha value is -1.59. The summed E-state index contributed by atoms with van der Waals surface area (Å²) < 4.78 is 11.2. The Kier molecular flexibility index (Phi) is 10.9. The Morgan fingerprint density at radius 3 is 2.48 bits per heavy atom. The summed E-state index contributed by atoms with van der Waals surface area (Å²) in [6.45, 7) is 8.79. The molecule has 0 fully saturated rings. The second-order valence-electron chi connectivity index (χ2n) is 5.79. The van der Waals surface area contributed by atoms with E-state index in [0.717, 1.165) is 38.7 Å². The Morgan fingerprint density at radius 2 is 1.78 bits per heavy atom. The highest BCUT2D eigenvalue weighted by molar-refractivity contribution is 5.79. The van der Waals surface area contributed by atoms with Crippen molar-refractivity contribution in [2.24, 2.45) is 10.9 Å². The number of aliphatic imine (C=N–C) groups is 1. The molecular formula is C18H31N3O2. The number of hydrogen-bond donors (Lipinski definition) is 2. The Balaban J connectivity index is 1.99. The quantitative estimate of drug-likeness (QED) is 0.373. The summed E-state index contributed by atoms with van der Waals surface area (Å²) in [5.41, 5.74) is 1.19. The van der Waals surface area contributed by atoms with Crippen molar-refractivity contribution in [1.82, 2.24) is 10.6 Å². The van der Waals surface area contributed by atoms with E-state index in [9.17, 15) is 0 Å². The van der Waals surface area contributed by atoms with Crippen LogP contribution in [0.1, 0.15) is 25.8 Å². The van der Waals surface area contributed by atoms with E-state index in [0.29, 0.717) is 19.1 Å². The third-order valence-electron chi connectivity index (χ3n) is 3.08. The average molecular weight is 321 g/mol. The SMILES string of the molecule is CN=C(NCCCOCC(C)C)NCCOCc1ccccc1. The number of nitrogens with zero attached hydrogens (tertiary/aromatic N) is 1. The van der Waals surface area contributed by atoms with Gasteiger partial charge in [0.1, 0.15) is 0 Å². The molecule has 0 heterocycles. The molecule has 0 aliphatic carbocycles. The van der Waals surface area contributed by atoms with E-state index in [1.807, 2.05) is 18.2 Å². The number of guanidine groups is 1. The van der Waals surface area contributed by atoms with Crippen LogP contribution in [0.2, 0.25) is 0 Å². The van der Waals surface area contributed by atoms with E-state index in [2.05, 4.69) is 41.6 Å². The molecule has 23 heavy (non-hydrogen) atoms. The second kappa shape index (κ2) is 12.9. The Labute approximate surface area is 140 Å². The van der Waals surface area contributed by atoms with Gasteiger partial charge in [-0.25, -0.2) is 0 Å². The molecule has 2 N–H and O–H groups in total. The fourth-order valence-corrected chi connectivity index (χ4v) is 1.93. The van der Waals surface area contributed by atoms with E-state index < -0.39 is 0 Å². The van der Waals surface area contributed by atoms with E-state index >= 15 is 0 Å². The Morgan fingerprint density at radius 1 is 1.04 bits per heavy atom. The summed E-state index contributed by atoms with van der Waals surface area (Å²) in [4.78, 5) is 4.19. The summed E-state index contributed by atoms with van der Waals surface area (Å²) >= 11 is 0. The minimum Gasteiger partial charge on any atom is -0.381 e. The highest BCUT2D eigenvalue weighted by Crippen LogP contribution is 1.99. The van der Waals surface area contributed by atoms with Crippen molar-refractivity contribution in [1.29, 1.82) is 0 Å². The highest BCUT2D eigenvalue weighted by atomic mass is 16.5. The Bertz CT molecular complexity index is 422. The molecule has 5 heteroatoms. The maximum absolute atomic E-state index is 5.63.